The van der Waals surface area contributed by atoms with Gasteiger partial charge in [-0.25, -0.2) is 0 Å². The van der Waals surface area contributed by atoms with E-state index in [0.717, 1.165) is 19.4 Å². The Labute approximate surface area is 85.8 Å². The van der Waals surface area contributed by atoms with Crippen LogP contribution in [-0.4, -0.2) is 21.0 Å². The molecule has 0 spiro atoms. The molecular weight excluding hydrogens is 176 g/mol. The summed E-state index contributed by atoms with van der Waals surface area (Å²) in [6.45, 7) is 7.00. The number of hydrogen-bond donors (Lipinski definition) is 1. The fourth-order valence-electron chi connectivity index (χ4n) is 1.75. The summed E-state index contributed by atoms with van der Waals surface area (Å²) in [5.41, 5.74) is 1.26. The monoisotopic (exact) mass is 196 g/mol. The molecule has 80 valence electrons. The van der Waals surface area contributed by atoms with Gasteiger partial charge in [0.1, 0.15) is 0 Å². The van der Waals surface area contributed by atoms with Crippen LogP contribution in [0.1, 0.15) is 32.8 Å². The van der Waals surface area contributed by atoms with Gasteiger partial charge in [0.2, 0.25) is 0 Å². The molecule has 2 unspecified atom stereocenters. The van der Waals surface area contributed by atoms with Gasteiger partial charge in [-0.05, 0) is 38.2 Å². The molecule has 2 atom stereocenters. The number of nitrogens with zero attached hydrogens (tertiary/aromatic N) is 2. The lowest BCUT2D eigenvalue weighted by molar-refractivity contribution is 0.164. The molecule has 0 radical (unpaired) electrons. The van der Waals surface area contributed by atoms with Crippen molar-refractivity contribution in [3.05, 3.63) is 18.0 Å². The van der Waals surface area contributed by atoms with Crippen molar-refractivity contribution in [1.82, 2.24) is 9.78 Å². The number of aromatic nitrogens is 2. The van der Waals surface area contributed by atoms with E-state index in [0.29, 0.717) is 5.92 Å². The summed E-state index contributed by atoms with van der Waals surface area (Å²) in [6.07, 6.45) is 5.66. The normalized spacial score (nSPS) is 15.4. The molecule has 0 amide bonds. The second-order valence-corrected chi connectivity index (χ2v) is 4.10. The van der Waals surface area contributed by atoms with Crippen molar-refractivity contribution in [2.24, 2.45) is 5.92 Å². The van der Waals surface area contributed by atoms with Gasteiger partial charge in [-0.3, -0.25) is 4.68 Å². The summed E-state index contributed by atoms with van der Waals surface area (Å²) in [5, 5.41) is 13.5. The fourth-order valence-corrected chi connectivity index (χ4v) is 1.75. The van der Waals surface area contributed by atoms with Gasteiger partial charge in [-0.2, -0.15) is 5.10 Å². The van der Waals surface area contributed by atoms with Crippen molar-refractivity contribution in [3.63, 3.8) is 0 Å². The van der Waals surface area contributed by atoms with Crippen LogP contribution in [0.3, 0.4) is 0 Å². The summed E-state index contributed by atoms with van der Waals surface area (Å²) < 4.78 is 1.93. The highest BCUT2D eigenvalue weighted by molar-refractivity contribution is 5.04. The predicted molar refractivity (Wildman–Crippen MR) is 57.1 cm³/mol. The highest BCUT2D eigenvalue weighted by atomic mass is 16.3. The lowest BCUT2D eigenvalue weighted by atomic mass is 9.98. The van der Waals surface area contributed by atoms with E-state index < -0.39 is 0 Å². The van der Waals surface area contributed by atoms with Crippen LogP contribution in [0, 0.1) is 5.92 Å². The van der Waals surface area contributed by atoms with Crippen molar-refractivity contribution in [2.45, 2.75) is 46.3 Å². The second-order valence-electron chi connectivity index (χ2n) is 4.10. The summed E-state index contributed by atoms with van der Waals surface area (Å²) >= 11 is 0. The third kappa shape index (κ3) is 3.50. The lowest BCUT2D eigenvalue weighted by Crippen LogP contribution is -2.09. The topological polar surface area (TPSA) is 38.0 Å². The Morgan fingerprint density at radius 3 is 2.71 bits per heavy atom. The van der Waals surface area contributed by atoms with Crippen LogP contribution >= 0.6 is 0 Å². The highest BCUT2D eigenvalue weighted by Crippen LogP contribution is 2.13. The Balaban J connectivity index is 2.43. The largest absolute Gasteiger partial charge is 0.393 e. The van der Waals surface area contributed by atoms with Gasteiger partial charge in [0.25, 0.3) is 0 Å². The Bertz CT molecular complexity index is 268. The number of hydrogen-bond acceptors (Lipinski definition) is 2. The predicted octanol–water partition coefficient (Wildman–Crippen LogP) is 1.85. The van der Waals surface area contributed by atoms with E-state index in [2.05, 4.69) is 25.1 Å². The van der Waals surface area contributed by atoms with Gasteiger partial charge < -0.3 is 5.11 Å². The van der Waals surface area contributed by atoms with Crippen LogP contribution in [0.15, 0.2) is 12.4 Å². The molecule has 14 heavy (non-hydrogen) atoms. The summed E-state index contributed by atoms with van der Waals surface area (Å²) in [7, 11) is 0. The van der Waals surface area contributed by atoms with E-state index in [-0.39, 0.29) is 6.10 Å². The van der Waals surface area contributed by atoms with E-state index >= 15 is 0 Å². The zero-order chi connectivity index (χ0) is 10.6. The Kier molecular flexibility index (Phi) is 4.14. The molecular formula is C11H20N2O. The van der Waals surface area contributed by atoms with E-state index in [1.807, 2.05) is 17.8 Å². The maximum atomic E-state index is 9.23. The van der Waals surface area contributed by atoms with Gasteiger partial charge in [0.05, 0.1) is 12.3 Å². The van der Waals surface area contributed by atoms with Gasteiger partial charge in [0.15, 0.2) is 0 Å². The van der Waals surface area contributed by atoms with Gasteiger partial charge in [-0.15, -0.1) is 0 Å². The molecule has 1 heterocycles. The standard InChI is InChI=1S/C11H20N2O/c1-4-13-8-11(7-12-13)6-9(2)5-10(3)14/h7-10,14H,4-6H2,1-3H3. The zero-order valence-electron chi connectivity index (χ0n) is 9.27. The van der Waals surface area contributed by atoms with E-state index in [4.69, 9.17) is 0 Å². The van der Waals surface area contributed by atoms with Gasteiger partial charge in [0, 0.05) is 12.7 Å². The number of aliphatic hydroxyl groups excluding tert-OH is 1. The molecule has 0 fully saturated rings. The summed E-state index contributed by atoms with van der Waals surface area (Å²) in [6, 6.07) is 0. The van der Waals surface area contributed by atoms with Crippen molar-refractivity contribution < 1.29 is 5.11 Å². The van der Waals surface area contributed by atoms with Gasteiger partial charge in [-0.1, -0.05) is 6.92 Å². The minimum atomic E-state index is -0.203. The molecule has 0 aliphatic heterocycles. The van der Waals surface area contributed by atoms with Crippen LogP contribution in [0.4, 0.5) is 0 Å². The third-order valence-electron chi connectivity index (χ3n) is 2.34. The number of aryl methyl sites for hydroxylation is 1. The molecule has 0 aromatic carbocycles. The zero-order valence-corrected chi connectivity index (χ0v) is 9.27. The van der Waals surface area contributed by atoms with Crippen LogP contribution in [0.25, 0.3) is 0 Å². The minimum absolute atomic E-state index is 0.203. The molecule has 1 rings (SSSR count). The molecule has 0 saturated carbocycles. The lowest BCUT2D eigenvalue weighted by Gasteiger charge is -2.11. The summed E-state index contributed by atoms with van der Waals surface area (Å²) in [5.74, 6) is 0.518. The first-order valence-corrected chi connectivity index (χ1v) is 5.31. The van der Waals surface area contributed by atoms with E-state index in [1.165, 1.54) is 5.56 Å². The average Bonchev–Trinajstić information content (AvgIpc) is 2.50. The quantitative estimate of drug-likeness (QED) is 0.780. The molecule has 1 aromatic heterocycles. The van der Waals surface area contributed by atoms with Crippen molar-refractivity contribution in [1.29, 1.82) is 0 Å². The smallest absolute Gasteiger partial charge is 0.0521 e. The van der Waals surface area contributed by atoms with E-state index in [9.17, 15) is 5.11 Å². The molecule has 3 heteroatoms. The molecule has 0 aliphatic carbocycles. The molecule has 0 saturated heterocycles. The number of rotatable bonds is 5. The van der Waals surface area contributed by atoms with Crippen LogP contribution in [0.2, 0.25) is 0 Å². The minimum Gasteiger partial charge on any atom is -0.393 e. The van der Waals surface area contributed by atoms with Crippen molar-refractivity contribution >= 4 is 0 Å². The fraction of sp³-hybridized carbons (Fsp3) is 0.727. The van der Waals surface area contributed by atoms with Crippen LogP contribution < -0.4 is 0 Å². The Hall–Kier alpha value is -0.830. The maximum absolute atomic E-state index is 9.23. The summed E-state index contributed by atoms with van der Waals surface area (Å²) in [4.78, 5) is 0. The molecule has 1 aromatic rings. The first kappa shape index (κ1) is 11.2. The molecule has 0 aliphatic rings. The molecule has 1 N–H and O–H groups in total. The van der Waals surface area contributed by atoms with Crippen LogP contribution in [-0.2, 0) is 13.0 Å². The van der Waals surface area contributed by atoms with Gasteiger partial charge >= 0.3 is 0 Å². The average molecular weight is 196 g/mol. The Morgan fingerprint density at radius 1 is 1.50 bits per heavy atom. The molecule has 0 bridgehead atoms. The van der Waals surface area contributed by atoms with Crippen molar-refractivity contribution in [3.8, 4) is 0 Å². The van der Waals surface area contributed by atoms with E-state index in [1.54, 1.807) is 0 Å². The number of aliphatic hydroxyl groups is 1. The first-order chi connectivity index (χ1) is 6.61. The molecule has 3 nitrogen and oxygen atoms in total. The Morgan fingerprint density at radius 2 is 2.21 bits per heavy atom. The van der Waals surface area contributed by atoms with Crippen LogP contribution in [0.5, 0.6) is 0 Å². The van der Waals surface area contributed by atoms with Crippen molar-refractivity contribution in [2.75, 3.05) is 0 Å². The first-order valence-electron chi connectivity index (χ1n) is 5.31. The third-order valence-corrected chi connectivity index (χ3v) is 2.34. The SMILES string of the molecule is CCn1cc(CC(C)CC(C)O)cn1. The second kappa shape index (κ2) is 5.15. The maximum Gasteiger partial charge on any atom is 0.0521 e. The highest BCUT2D eigenvalue weighted by Gasteiger charge is 2.08.